The van der Waals surface area contributed by atoms with Crippen molar-refractivity contribution in [1.29, 1.82) is 0 Å². The van der Waals surface area contributed by atoms with Crippen LogP contribution in [0.4, 0.5) is 0 Å². The quantitative estimate of drug-likeness (QED) is 0.926. The molecule has 1 aromatic rings. The highest BCUT2D eigenvalue weighted by Crippen LogP contribution is 2.22. The van der Waals surface area contributed by atoms with Gasteiger partial charge in [0.25, 0.3) is 0 Å². The summed E-state index contributed by atoms with van der Waals surface area (Å²) in [4.78, 5) is 3.95. The monoisotopic (exact) mass is 288 g/mol. The second-order valence-electron chi connectivity index (χ2n) is 4.16. The second-order valence-corrected chi connectivity index (χ2v) is 6.71. The molecule has 0 aliphatic carbocycles. The van der Waals surface area contributed by atoms with E-state index in [1.54, 1.807) is 0 Å². The molecule has 0 spiro atoms. The second kappa shape index (κ2) is 5.43. The molecule has 15 heavy (non-hydrogen) atoms. The summed E-state index contributed by atoms with van der Waals surface area (Å²) in [6, 6.07) is 4.73. The zero-order valence-corrected chi connectivity index (χ0v) is 11.2. The molecule has 0 saturated carbocycles. The molecule has 1 aliphatic rings. The van der Waals surface area contributed by atoms with E-state index in [0.717, 1.165) is 19.5 Å². The maximum atomic E-state index is 5.95. The van der Waals surface area contributed by atoms with Gasteiger partial charge in [-0.3, -0.25) is 0 Å². The number of likely N-dealkylation sites (tertiary alicyclic amines) is 1. The van der Waals surface area contributed by atoms with Crippen LogP contribution in [-0.2, 0) is 6.42 Å². The molecule has 1 aromatic heterocycles. The first-order valence-electron chi connectivity index (χ1n) is 5.46. The van der Waals surface area contributed by atoms with Crippen LogP contribution in [0.1, 0.15) is 17.7 Å². The summed E-state index contributed by atoms with van der Waals surface area (Å²) in [6.45, 7) is 3.45. The lowest BCUT2D eigenvalue weighted by Crippen LogP contribution is -2.43. The predicted octanol–water partition coefficient (Wildman–Crippen LogP) is 2.48. The average molecular weight is 289 g/mol. The lowest BCUT2D eigenvalue weighted by Gasteiger charge is -2.30. The Bertz CT molecular complexity index is 313. The van der Waals surface area contributed by atoms with Gasteiger partial charge in [0.15, 0.2) is 0 Å². The highest BCUT2D eigenvalue weighted by atomic mass is 79.9. The molecule has 0 amide bonds. The molecule has 0 bridgehead atoms. The summed E-state index contributed by atoms with van der Waals surface area (Å²) in [5, 5.41) is 0. The van der Waals surface area contributed by atoms with Crippen LogP contribution < -0.4 is 5.73 Å². The Kier molecular flexibility index (Phi) is 4.20. The van der Waals surface area contributed by atoms with E-state index in [1.807, 2.05) is 11.3 Å². The van der Waals surface area contributed by atoms with E-state index < -0.39 is 0 Å². The molecule has 1 fully saturated rings. The lowest BCUT2D eigenvalue weighted by atomic mass is 10.1. The number of nitrogens with zero attached hydrogens (tertiary/aromatic N) is 1. The van der Waals surface area contributed by atoms with Crippen LogP contribution in [0.15, 0.2) is 15.9 Å². The van der Waals surface area contributed by atoms with Crippen molar-refractivity contribution in [2.45, 2.75) is 25.3 Å². The lowest BCUT2D eigenvalue weighted by molar-refractivity contribution is 0.212. The molecule has 0 radical (unpaired) electrons. The van der Waals surface area contributed by atoms with Gasteiger partial charge in [0, 0.05) is 24.0 Å². The molecular formula is C11H17BrN2S. The van der Waals surface area contributed by atoms with E-state index >= 15 is 0 Å². The molecule has 84 valence electrons. The molecule has 1 atom stereocenters. The summed E-state index contributed by atoms with van der Waals surface area (Å²) in [5.74, 6) is 0. The van der Waals surface area contributed by atoms with Crippen LogP contribution in [0.2, 0.25) is 0 Å². The van der Waals surface area contributed by atoms with Crippen molar-refractivity contribution in [3.05, 3.63) is 20.8 Å². The van der Waals surface area contributed by atoms with Gasteiger partial charge in [0.2, 0.25) is 0 Å². The van der Waals surface area contributed by atoms with Gasteiger partial charge in [-0.15, -0.1) is 11.3 Å². The van der Waals surface area contributed by atoms with Crippen molar-refractivity contribution in [2.24, 2.45) is 5.73 Å². The molecule has 1 saturated heterocycles. The van der Waals surface area contributed by atoms with Gasteiger partial charge < -0.3 is 10.6 Å². The van der Waals surface area contributed by atoms with Crippen LogP contribution in [0.3, 0.4) is 0 Å². The van der Waals surface area contributed by atoms with Gasteiger partial charge in [-0.05, 0) is 53.9 Å². The Morgan fingerprint density at radius 1 is 1.53 bits per heavy atom. The zero-order valence-electron chi connectivity index (χ0n) is 8.79. The van der Waals surface area contributed by atoms with E-state index in [2.05, 4.69) is 33.0 Å². The maximum Gasteiger partial charge on any atom is 0.0701 e. The van der Waals surface area contributed by atoms with Crippen molar-refractivity contribution in [1.82, 2.24) is 4.90 Å². The topological polar surface area (TPSA) is 29.3 Å². The summed E-state index contributed by atoms with van der Waals surface area (Å²) < 4.78 is 1.23. The highest BCUT2D eigenvalue weighted by molar-refractivity contribution is 9.11. The summed E-state index contributed by atoms with van der Waals surface area (Å²) in [7, 11) is 0. The Labute approximate surface area is 104 Å². The van der Waals surface area contributed by atoms with E-state index in [9.17, 15) is 0 Å². The number of hydrogen-bond acceptors (Lipinski definition) is 3. The first kappa shape index (κ1) is 11.6. The number of rotatable bonds is 3. The average Bonchev–Trinajstić information content (AvgIpc) is 2.62. The Morgan fingerprint density at radius 3 is 3.07 bits per heavy atom. The molecule has 2 rings (SSSR count). The van der Waals surface area contributed by atoms with Crippen LogP contribution in [0.5, 0.6) is 0 Å². The van der Waals surface area contributed by atoms with Crippen LogP contribution in [0, 0.1) is 0 Å². The number of halogens is 1. The van der Waals surface area contributed by atoms with Crippen molar-refractivity contribution in [2.75, 3.05) is 19.6 Å². The molecular weight excluding hydrogens is 272 g/mol. The molecule has 4 heteroatoms. The van der Waals surface area contributed by atoms with Crippen molar-refractivity contribution in [3.8, 4) is 0 Å². The third-order valence-corrected chi connectivity index (χ3v) is 4.53. The van der Waals surface area contributed by atoms with Gasteiger partial charge in [0.1, 0.15) is 0 Å². The van der Waals surface area contributed by atoms with Crippen LogP contribution >= 0.6 is 27.3 Å². The van der Waals surface area contributed by atoms with Gasteiger partial charge in [-0.2, -0.15) is 0 Å². The van der Waals surface area contributed by atoms with Crippen molar-refractivity contribution < 1.29 is 0 Å². The summed E-state index contributed by atoms with van der Waals surface area (Å²) in [5.41, 5.74) is 5.95. The van der Waals surface area contributed by atoms with Crippen LogP contribution in [-0.4, -0.2) is 30.6 Å². The SMILES string of the molecule is NC1CCCN(CCc2ccc(Br)s2)C1. The van der Waals surface area contributed by atoms with Gasteiger partial charge in [-0.1, -0.05) is 0 Å². The van der Waals surface area contributed by atoms with Gasteiger partial charge in [0.05, 0.1) is 3.79 Å². The molecule has 2 heterocycles. The zero-order chi connectivity index (χ0) is 10.7. The fraction of sp³-hybridized carbons (Fsp3) is 0.636. The highest BCUT2D eigenvalue weighted by Gasteiger charge is 2.16. The first-order chi connectivity index (χ1) is 7.24. The van der Waals surface area contributed by atoms with E-state index in [1.165, 1.54) is 28.0 Å². The molecule has 1 aliphatic heterocycles. The van der Waals surface area contributed by atoms with Gasteiger partial charge >= 0.3 is 0 Å². The first-order valence-corrected chi connectivity index (χ1v) is 7.07. The van der Waals surface area contributed by atoms with Gasteiger partial charge in [-0.25, -0.2) is 0 Å². The number of hydrogen-bond donors (Lipinski definition) is 1. The Balaban J connectivity index is 1.77. The molecule has 2 nitrogen and oxygen atoms in total. The molecule has 1 unspecified atom stereocenters. The smallest absolute Gasteiger partial charge is 0.0701 e. The minimum Gasteiger partial charge on any atom is -0.327 e. The van der Waals surface area contributed by atoms with Crippen molar-refractivity contribution >= 4 is 27.3 Å². The maximum absolute atomic E-state index is 5.95. The Morgan fingerprint density at radius 2 is 2.40 bits per heavy atom. The fourth-order valence-corrected chi connectivity index (χ4v) is 3.52. The van der Waals surface area contributed by atoms with E-state index in [0.29, 0.717) is 6.04 Å². The summed E-state index contributed by atoms with van der Waals surface area (Å²) >= 11 is 5.33. The minimum atomic E-state index is 0.397. The third-order valence-electron chi connectivity index (χ3n) is 2.85. The number of thiophene rings is 1. The third kappa shape index (κ3) is 3.55. The molecule has 2 N–H and O–H groups in total. The minimum absolute atomic E-state index is 0.397. The number of piperidine rings is 1. The molecule has 0 aromatic carbocycles. The standard InChI is InChI=1S/C11H17BrN2S/c12-11-4-3-10(15-11)5-7-14-6-1-2-9(13)8-14/h3-4,9H,1-2,5-8,13H2. The number of nitrogens with two attached hydrogens (primary N) is 1. The largest absolute Gasteiger partial charge is 0.327 e. The fourth-order valence-electron chi connectivity index (χ4n) is 2.05. The van der Waals surface area contributed by atoms with E-state index in [-0.39, 0.29) is 0 Å². The Hall–Kier alpha value is 0.1000. The predicted molar refractivity (Wildman–Crippen MR) is 69.4 cm³/mol. The normalized spacial score (nSPS) is 23.2. The van der Waals surface area contributed by atoms with Crippen molar-refractivity contribution in [3.63, 3.8) is 0 Å². The van der Waals surface area contributed by atoms with Crippen LogP contribution in [0.25, 0.3) is 0 Å². The van der Waals surface area contributed by atoms with E-state index in [4.69, 9.17) is 5.73 Å². The summed E-state index contributed by atoms with van der Waals surface area (Å²) in [6.07, 6.45) is 3.61.